The van der Waals surface area contributed by atoms with E-state index in [1.165, 1.54) is 11.1 Å². The molecule has 0 radical (unpaired) electrons. The van der Waals surface area contributed by atoms with Crippen LogP contribution in [0.2, 0.25) is 0 Å². The lowest BCUT2D eigenvalue weighted by molar-refractivity contribution is -0.962. The molecule has 1 aromatic rings. The maximum atomic E-state index is 6.02. The third-order valence-corrected chi connectivity index (χ3v) is 5.18. The number of nitrogens with zero attached hydrogens (tertiary/aromatic N) is 3. The van der Waals surface area contributed by atoms with Crippen molar-refractivity contribution in [1.29, 1.82) is 0 Å². The molecule has 0 saturated heterocycles. The lowest BCUT2D eigenvalue weighted by atomic mass is 9.91. The quantitative estimate of drug-likeness (QED) is 0.627. The standard InChI is InChI=1S/C20H25N4O2/c1-4-5-10-21-20-18-15(12-22-23-20)13-24(26-3)17(25-2)11-14-8-6-7-9-16(14)19(18)24/h7,9,11-13H,4-6,8,10H2,1-3H3,(H,21,23)/q+1. The van der Waals surface area contributed by atoms with E-state index < -0.39 is 0 Å². The lowest BCUT2D eigenvalue weighted by Crippen LogP contribution is -2.42. The molecule has 1 aromatic heterocycles. The molecule has 0 saturated carbocycles. The molecule has 1 aliphatic carbocycles. The summed E-state index contributed by atoms with van der Waals surface area (Å²) < 4.78 is 5.86. The molecule has 0 aromatic carbocycles. The van der Waals surface area contributed by atoms with E-state index in [0.717, 1.165) is 60.1 Å². The van der Waals surface area contributed by atoms with Gasteiger partial charge in [0, 0.05) is 18.2 Å². The van der Waals surface area contributed by atoms with Gasteiger partial charge < -0.3 is 10.1 Å². The van der Waals surface area contributed by atoms with Crippen LogP contribution in [-0.2, 0) is 9.57 Å². The minimum absolute atomic E-state index is 0.102. The molecular formula is C20H25N4O2+. The molecule has 0 bridgehead atoms. The number of anilines is 1. The second-order valence-corrected chi connectivity index (χ2v) is 6.69. The molecule has 6 nitrogen and oxygen atoms in total. The van der Waals surface area contributed by atoms with Crippen molar-refractivity contribution in [2.24, 2.45) is 0 Å². The van der Waals surface area contributed by atoms with Crippen LogP contribution >= 0.6 is 0 Å². The van der Waals surface area contributed by atoms with Gasteiger partial charge in [-0.25, -0.2) is 0 Å². The van der Waals surface area contributed by atoms with Crippen molar-refractivity contribution in [3.8, 4) is 0 Å². The first-order chi connectivity index (χ1) is 12.7. The number of rotatable bonds is 6. The van der Waals surface area contributed by atoms with Crippen LogP contribution in [0.4, 0.5) is 5.82 Å². The van der Waals surface area contributed by atoms with E-state index >= 15 is 0 Å². The Labute approximate surface area is 153 Å². The zero-order valence-corrected chi connectivity index (χ0v) is 15.6. The maximum Gasteiger partial charge on any atom is 0.335 e. The molecule has 26 heavy (non-hydrogen) atoms. The van der Waals surface area contributed by atoms with Crippen LogP contribution in [-0.4, -0.2) is 35.6 Å². The number of hydrogen-bond donors (Lipinski definition) is 1. The van der Waals surface area contributed by atoms with Crippen LogP contribution in [0, 0.1) is 0 Å². The average molecular weight is 353 g/mol. The van der Waals surface area contributed by atoms with Crippen LogP contribution in [0.25, 0.3) is 11.9 Å². The molecule has 3 aliphatic rings. The summed E-state index contributed by atoms with van der Waals surface area (Å²) in [4.78, 5) is 6.02. The smallest absolute Gasteiger partial charge is 0.335 e. The van der Waals surface area contributed by atoms with E-state index in [9.17, 15) is 0 Å². The van der Waals surface area contributed by atoms with Gasteiger partial charge in [0.1, 0.15) is 0 Å². The van der Waals surface area contributed by atoms with Crippen molar-refractivity contribution in [2.45, 2.75) is 32.6 Å². The maximum absolute atomic E-state index is 6.02. The fraction of sp³-hybridized carbons (Fsp3) is 0.400. The van der Waals surface area contributed by atoms with E-state index in [1.54, 1.807) is 20.4 Å². The first-order valence-corrected chi connectivity index (χ1v) is 9.19. The highest BCUT2D eigenvalue weighted by Gasteiger charge is 2.49. The Kier molecular flexibility index (Phi) is 4.38. The van der Waals surface area contributed by atoms with Crippen LogP contribution in [0.1, 0.15) is 32.6 Å². The van der Waals surface area contributed by atoms with Crippen molar-refractivity contribution in [3.63, 3.8) is 0 Å². The summed E-state index contributed by atoms with van der Waals surface area (Å²) in [5.41, 5.74) is 3.53. The van der Waals surface area contributed by atoms with E-state index in [-0.39, 0.29) is 4.65 Å². The molecule has 0 fully saturated rings. The van der Waals surface area contributed by atoms with Gasteiger partial charge in [0.25, 0.3) is 0 Å². The van der Waals surface area contributed by atoms with Crippen molar-refractivity contribution in [3.05, 3.63) is 51.9 Å². The summed E-state index contributed by atoms with van der Waals surface area (Å²) in [5.74, 6) is 1.56. The Bertz CT molecular complexity index is 945. The van der Waals surface area contributed by atoms with Gasteiger partial charge in [-0.2, -0.15) is 9.94 Å². The fourth-order valence-electron chi connectivity index (χ4n) is 3.90. The van der Waals surface area contributed by atoms with Gasteiger partial charge in [-0.1, -0.05) is 30.1 Å². The molecule has 4 rings (SSSR count). The molecule has 0 amide bonds. The zero-order valence-electron chi connectivity index (χ0n) is 15.6. The number of unbranched alkanes of at least 4 members (excludes halogenated alkanes) is 1. The van der Waals surface area contributed by atoms with E-state index in [2.05, 4.69) is 40.7 Å². The third-order valence-electron chi connectivity index (χ3n) is 5.18. The van der Waals surface area contributed by atoms with Crippen LogP contribution < -0.4 is 15.8 Å². The summed E-state index contributed by atoms with van der Waals surface area (Å²) in [5, 5.41) is 14.1. The number of aromatic nitrogens is 2. The molecule has 1 N–H and O–H groups in total. The minimum atomic E-state index is 0.102. The van der Waals surface area contributed by atoms with Crippen LogP contribution in [0.5, 0.6) is 0 Å². The molecule has 3 heterocycles. The first kappa shape index (κ1) is 17.0. The van der Waals surface area contributed by atoms with Gasteiger partial charge in [-0.05, 0) is 24.8 Å². The van der Waals surface area contributed by atoms with Gasteiger partial charge >= 0.3 is 5.88 Å². The number of hydroxylamine groups is 3. The lowest BCUT2D eigenvalue weighted by Gasteiger charge is -2.34. The number of hydrogen-bond acceptors (Lipinski definition) is 5. The third kappa shape index (κ3) is 2.40. The molecular weight excluding hydrogens is 328 g/mol. The van der Waals surface area contributed by atoms with Gasteiger partial charge in [-0.15, -0.1) is 5.10 Å². The predicted octanol–water partition coefficient (Wildman–Crippen LogP) is 2.07. The van der Waals surface area contributed by atoms with Gasteiger partial charge in [0.2, 0.25) is 0 Å². The first-order valence-electron chi connectivity index (χ1n) is 9.19. The van der Waals surface area contributed by atoms with Gasteiger partial charge in [0.05, 0.1) is 30.9 Å². The summed E-state index contributed by atoms with van der Waals surface area (Å²) in [6.45, 7) is 3.05. The predicted molar refractivity (Wildman–Crippen MR) is 100 cm³/mol. The number of quaternary nitrogens is 1. The Morgan fingerprint density at radius 2 is 2.19 bits per heavy atom. The molecule has 1 unspecified atom stereocenters. The topological polar surface area (TPSA) is 56.3 Å². The monoisotopic (exact) mass is 353 g/mol. The van der Waals surface area contributed by atoms with Crippen molar-refractivity contribution < 1.29 is 14.2 Å². The Morgan fingerprint density at radius 3 is 2.96 bits per heavy atom. The van der Waals surface area contributed by atoms with Crippen molar-refractivity contribution >= 4 is 17.7 Å². The van der Waals surface area contributed by atoms with E-state index in [1.807, 2.05) is 6.20 Å². The summed E-state index contributed by atoms with van der Waals surface area (Å²) in [6.07, 6.45) is 14.6. The van der Waals surface area contributed by atoms with Gasteiger partial charge in [0.15, 0.2) is 17.7 Å². The SMILES string of the molecule is CCCCNc1nncc2c1=C1C3=C(C=C(OC)[N+]1(OC)C=2)CCC=C3. The number of allylic oxidation sites excluding steroid dienone is 3. The van der Waals surface area contributed by atoms with E-state index in [4.69, 9.17) is 9.57 Å². The number of nitrogens with one attached hydrogen (secondary N) is 1. The fourth-order valence-corrected chi connectivity index (χ4v) is 3.90. The second kappa shape index (κ2) is 6.70. The highest BCUT2D eigenvalue weighted by Crippen LogP contribution is 2.43. The number of fused-ring (bicyclic) bond motifs is 3. The molecule has 136 valence electrons. The summed E-state index contributed by atoms with van der Waals surface area (Å²) in [6, 6.07) is 0. The van der Waals surface area contributed by atoms with Crippen LogP contribution in [0.15, 0.2) is 41.5 Å². The van der Waals surface area contributed by atoms with Crippen LogP contribution in [0.3, 0.4) is 0 Å². The molecule has 2 aliphatic heterocycles. The molecule has 1 atom stereocenters. The largest absolute Gasteiger partial charge is 0.452 e. The number of methoxy groups -OCH3 is 1. The Morgan fingerprint density at radius 1 is 1.31 bits per heavy atom. The molecule has 6 heteroatoms. The van der Waals surface area contributed by atoms with Crippen molar-refractivity contribution in [2.75, 3.05) is 26.1 Å². The van der Waals surface area contributed by atoms with Crippen molar-refractivity contribution in [1.82, 2.24) is 10.2 Å². The Hall–Kier alpha value is -2.44. The molecule has 0 spiro atoms. The normalized spacial score (nSPS) is 23.0. The minimum Gasteiger partial charge on any atom is -0.452 e. The summed E-state index contributed by atoms with van der Waals surface area (Å²) in [7, 11) is 3.40. The highest BCUT2D eigenvalue weighted by atomic mass is 16.7. The second-order valence-electron chi connectivity index (χ2n) is 6.69. The Balaban J connectivity index is 2.00. The zero-order chi connectivity index (χ0) is 18.1. The summed E-state index contributed by atoms with van der Waals surface area (Å²) >= 11 is 0. The highest BCUT2D eigenvalue weighted by molar-refractivity contribution is 5.74. The average Bonchev–Trinajstić information content (AvgIpc) is 3.04. The van der Waals surface area contributed by atoms with Gasteiger partial charge in [-0.3, -0.25) is 0 Å². The number of ether oxygens (including phenoxy) is 1. The van der Waals surface area contributed by atoms with E-state index in [0.29, 0.717) is 0 Å².